The normalized spacial score (nSPS) is 10.8. The number of carbonyl (C=O) groups excluding carboxylic acids is 2. The van der Waals surface area contributed by atoms with Gasteiger partial charge in [0.05, 0.1) is 11.1 Å². The Bertz CT molecular complexity index is 1920. The van der Waals surface area contributed by atoms with Crippen LogP contribution >= 0.6 is 0 Å². The largest absolute Gasteiger partial charge is 0.508 e. The summed E-state index contributed by atoms with van der Waals surface area (Å²) in [5.41, 5.74) is 9.78. The Hall–Kier alpha value is -6.14. The molecule has 6 aromatic carbocycles. The molecule has 6 nitrogen and oxygen atoms in total. The summed E-state index contributed by atoms with van der Waals surface area (Å²) >= 11 is 0. The van der Waals surface area contributed by atoms with Crippen molar-refractivity contribution in [2.24, 2.45) is 0 Å². The van der Waals surface area contributed by atoms with Gasteiger partial charge in [0.25, 0.3) is 0 Å². The van der Waals surface area contributed by atoms with E-state index in [-0.39, 0.29) is 11.5 Å². The molecule has 0 aliphatic heterocycles. The van der Waals surface area contributed by atoms with Crippen LogP contribution in [0, 0.1) is 27.7 Å². The monoisotopic (exact) mass is 634 g/mol. The summed E-state index contributed by atoms with van der Waals surface area (Å²) in [5.74, 6) is 0.539. The molecule has 0 fully saturated rings. The molecule has 0 aliphatic rings. The first kappa shape index (κ1) is 31.8. The third-order valence-electron chi connectivity index (χ3n) is 8.29. The topological polar surface area (TPSA) is 93.1 Å². The molecule has 0 aliphatic carbocycles. The maximum Gasteiger partial charge on any atom is 0.343 e. The van der Waals surface area contributed by atoms with E-state index in [0.717, 1.165) is 55.6 Å². The van der Waals surface area contributed by atoms with Gasteiger partial charge >= 0.3 is 11.9 Å². The van der Waals surface area contributed by atoms with Crippen molar-refractivity contribution >= 4 is 11.9 Å². The fourth-order valence-corrected chi connectivity index (χ4v) is 5.76. The standard InChI is InChI=1S/C42H34O6/c1-25-21-35(22-26(2)39(25)47-41(45)33-9-5-29(6-10-33)31-13-17-37(43)18-14-31)36-23-27(3)40(28(4)24-36)48-42(46)34-11-7-30(8-12-34)32-15-19-38(44)20-16-32/h5-24,43-44H,1-4H3. The maximum absolute atomic E-state index is 13.1. The molecule has 0 amide bonds. The average Bonchev–Trinajstić information content (AvgIpc) is 3.08. The Labute approximate surface area is 279 Å². The fourth-order valence-electron chi connectivity index (χ4n) is 5.76. The highest BCUT2D eigenvalue weighted by Gasteiger charge is 2.17. The zero-order chi connectivity index (χ0) is 33.9. The summed E-state index contributed by atoms with van der Waals surface area (Å²) in [6, 6.07) is 36.1. The van der Waals surface area contributed by atoms with Gasteiger partial charge in [-0.05, 0) is 156 Å². The third kappa shape index (κ3) is 6.83. The van der Waals surface area contributed by atoms with Gasteiger partial charge in [0.2, 0.25) is 0 Å². The van der Waals surface area contributed by atoms with Gasteiger partial charge in [0.15, 0.2) is 0 Å². The lowest BCUT2D eigenvalue weighted by Gasteiger charge is -2.16. The molecular formula is C42H34O6. The first-order valence-electron chi connectivity index (χ1n) is 15.5. The van der Waals surface area contributed by atoms with Gasteiger partial charge in [0.1, 0.15) is 23.0 Å². The molecule has 0 heterocycles. The molecule has 6 aromatic rings. The predicted octanol–water partition coefficient (Wildman–Crippen LogP) is 9.77. The summed E-state index contributed by atoms with van der Waals surface area (Å²) < 4.78 is 11.7. The van der Waals surface area contributed by atoms with Crippen molar-refractivity contribution in [2.45, 2.75) is 27.7 Å². The van der Waals surface area contributed by atoms with Gasteiger partial charge < -0.3 is 19.7 Å². The van der Waals surface area contributed by atoms with E-state index >= 15 is 0 Å². The van der Waals surface area contributed by atoms with E-state index < -0.39 is 11.9 Å². The Kier molecular flexibility index (Phi) is 8.82. The Morgan fingerprint density at radius 3 is 0.917 bits per heavy atom. The molecule has 0 atom stereocenters. The highest BCUT2D eigenvalue weighted by atomic mass is 16.5. The fraction of sp³-hybridized carbons (Fsp3) is 0.0952. The first-order valence-corrected chi connectivity index (χ1v) is 15.5. The first-order chi connectivity index (χ1) is 23.0. The van der Waals surface area contributed by atoms with E-state index in [1.807, 2.05) is 100 Å². The number of aromatic hydroxyl groups is 2. The summed E-state index contributed by atoms with van der Waals surface area (Å²) in [5, 5.41) is 19.1. The molecule has 2 N–H and O–H groups in total. The molecule has 0 saturated carbocycles. The molecule has 0 aromatic heterocycles. The van der Waals surface area contributed by atoms with Crippen LogP contribution in [0.3, 0.4) is 0 Å². The molecule has 0 spiro atoms. The van der Waals surface area contributed by atoms with Crippen molar-refractivity contribution < 1.29 is 29.3 Å². The lowest BCUT2D eigenvalue weighted by molar-refractivity contribution is 0.0723. The average molecular weight is 635 g/mol. The summed E-state index contributed by atoms with van der Waals surface area (Å²) in [4.78, 5) is 26.1. The number of rotatable bonds is 7. The molecule has 6 rings (SSSR count). The third-order valence-corrected chi connectivity index (χ3v) is 8.29. The molecule has 6 heteroatoms. The number of esters is 2. The van der Waals surface area contributed by atoms with E-state index in [4.69, 9.17) is 9.47 Å². The predicted molar refractivity (Wildman–Crippen MR) is 188 cm³/mol. The van der Waals surface area contributed by atoms with Crippen molar-refractivity contribution in [3.8, 4) is 56.4 Å². The van der Waals surface area contributed by atoms with E-state index in [0.29, 0.717) is 22.6 Å². The highest BCUT2D eigenvalue weighted by molar-refractivity contribution is 5.93. The Balaban J connectivity index is 1.15. The molecule has 0 unspecified atom stereocenters. The number of ether oxygens (including phenoxy) is 2. The zero-order valence-corrected chi connectivity index (χ0v) is 27.1. The quantitative estimate of drug-likeness (QED) is 0.134. The van der Waals surface area contributed by atoms with Crippen molar-refractivity contribution in [3.63, 3.8) is 0 Å². The number of benzene rings is 6. The molecule has 0 bridgehead atoms. The minimum absolute atomic E-state index is 0.199. The SMILES string of the molecule is Cc1cc(-c2cc(C)c(OC(=O)c3ccc(-c4ccc(O)cc4)cc3)c(C)c2)cc(C)c1OC(=O)c1ccc(-c2ccc(O)cc2)cc1. The Morgan fingerprint density at radius 2 is 0.646 bits per heavy atom. The van der Waals surface area contributed by atoms with Gasteiger partial charge in [-0.2, -0.15) is 0 Å². The van der Waals surface area contributed by atoms with E-state index in [1.165, 1.54) is 0 Å². The maximum atomic E-state index is 13.1. The van der Waals surface area contributed by atoms with Gasteiger partial charge in [-0.3, -0.25) is 0 Å². The molecule has 0 saturated heterocycles. The second-order valence-electron chi connectivity index (χ2n) is 11.9. The summed E-state index contributed by atoms with van der Waals surface area (Å²) in [6.45, 7) is 7.65. The van der Waals surface area contributed by atoms with Crippen molar-refractivity contribution in [2.75, 3.05) is 0 Å². The van der Waals surface area contributed by atoms with Crippen LogP contribution in [0.5, 0.6) is 23.0 Å². The van der Waals surface area contributed by atoms with Crippen LogP contribution in [0.1, 0.15) is 43.0 Å². The second kappa shape index (κ2) is 13.3. The number of hydrogen-bond acceptors (Lipinski definition) is 6. The van der Waals surface area contributed by atoms with E-state index in [1.54, 1.807) is 48.5 Å². The van der Waals surface area contributed by atoms with E-state index in [9.17, 15) is 19.8 Å². The van der Waals surface area contributed by atoms with Gasteiger partial charge in [-0.25, -0.2) is 9.59 Å². The number of carbonyl (C=O) groups is 2. The van der Waals surface area contributed by atoms with E-state index in [2.05, 4.69) is 0 Å². The van der Waals surface area contributed by atoms with Crippen LogP contribution in [0.4, 0.5) is 0 Å². The zero-order valence-electron chi connectivity index (χ0n) is 27.1. The van der Waals surface area contributed by atoms with Crippen molar-refractivity contribution in [1.29, 1.82) is 0 Å². The van der Waals surface area contributed by atoms with Crippen LogP contribution in [-0.2, 0) is 0 Å². The number of aryl methyl sites for hydroxylation is 4. The minimum Gasteiger partial charge on any atom is -0.508 e. The van der Waals surface area contributed by atoms with Gasteiger partial charge in [-0.15, -0.1) is 0 Å². The lowest BCUT2D eigenvalue weighted by atomic mass is 9.96. The lowest BCUT2D eigenvalue weighted by Crippen LogP contribution is -2.11. The number of hydrogen-bond donors (Lipinski definition) is 2. The van der Waals surface area contributed by atoms with Crippen LogP contribution in [0.2, 0.25) is 0 Å². The van der Waals surface area contributed by atoms with Crippen LogP contribution in [0.15, 0.2) is 121 Å². The minimum atomic E-state index is -0.445. The molecule has 238 valence electrons. The molecule has 0 radical (unpaired) electrons. The van der Waals surface area contributed by atoms with Crippen molar-refractivity contribution in [1.82, 2.24) is 0 Å². The van der Waals surface area contributed by atoms with Crippen molar-refractivity contribution in [3.05, 3.63) is 155 Å². The number of phenolic OH excluding ortho intramolecular Hbond substituents is 2. The van der Waals surface area contributed by atoms with Crippen LogP contribution < -0.4 is 9.47 Å². The van der Waals surface area contributed by atoms with Gasteiger partial charge in [0, 0.05) is 0 Å². The molecular weight excluding hydrogens is 600 g/mol. The Morgan fingerprint density at radius 1 is 0.396 bits per heavy atom. The summed E-state index contributed by atoms with van der Waals surface area (Å²) in [7, 11) is 0. The second-order valence-corrected chi connectivity index (χ2v) is 11.9. The smallest absolute Gasteiger partial charge is 0.343 e. The highest BCUT2D eigenvalue weighted by Crippen LogP contribution is 2.35. The van der Waals surface area contributed by atoms with Crippen LogP contribution in [0.25, 0.3) is 33.4 Å². The number of phenols is 2. The molecule has 48 heavy (non-hydrogen) atoms. The van der Waals surface area contributed by atoms with Gasteiger partial charge in [-0.1, -0.05) is 48.5 Å². The van der Waals surface area contributed by atoms with Crippen LogP contribution in [-0.4, -0.2) is 22.2 Å². The summed E-state index contributed by atoms with van der Waals surface area (Å²) in [6.07, 6.45) is 0.